The predicted molar refractivity (Wildman–Crippen MR) is 66.4 cm³/mol. The second-order valence-electron chi connectivity index (χ2n) is 4.40. The standard InChI is InChI=1S/C13H16F2N2O2/c14-13(15)19-11-3-1-9(2-4-11)12(18)17-10-5-7-16-8-6-10/h1-4,10,13,16H,5-8H2,(H,17,18). The van der Waals surface area contributed by atoms with Crippen LogP contribution >= 0.6 is 0 Å². The van der Waals surface area contributed by atoms with Gasteiger partial charge >= 0.3 is 6.61 Å². The molecule has 0 unspecified atom stereocenters. The van der Waals surface area contributed by atoms with Gasteiger partial charge in [-0.15, -0.1) is 0 Å². The summed E-state index contributed by atoms with van der Waals surface area (Å²) < 4.78 is 28.2. The van der Waals surface area contributed by atoms with Crippen LogP contribution in [0.1, 0.15) is 23.2 Å². The van der Waals surface area contributed by atoms with Crippen molar-refractivity contribution >= 4 is 5.91 Å². The number of hydrogen-bond donors (Lipinski definition) is 2. The van der Waals surface area contributed by atoms with E-state index in [0.29, 0.717) is 5.56 Å². The molecule has 2 N–H and O–H groups in total. The lowest BCUT2D eigenvalue weighted by Gasteiger charge is -2.23. The average molecular weight is 270 g/mol. The predicted octanol–water partition coefficient (Wildman–Crippen LogP) is 1.77. The van der Waals surface area contributed by atoms with E-state index in [-0.39, 0.29) is 17.7 Å². The monoisotopic (exact) mass is 270 g/mol. The molecule has 19 heavy (non-hydrogen) atoms. The Morgan fingerprint density at radius 3 is 2.47 bits per heavy atom. The highest BCUT2D eigenvalue weighted by atomic mass is 19.3. The van der Waals surface area contributed by atoms with Gasteiger partial charge in [0.15, 0.2) is 0 Å². The summed E-state index contributed by atoms with van der Waals surface area (Å²) in [6, 6.07) is 5.86. The zero-order valence-corrected chi connectivity index (χ0v) is 10.4. The maximum Gasteiger partial charge on any atom is 0.387 e. The van der Waals surface area contributed by atoms with Gasteiger partial charge in [-0.1, -0.05) is 0 Å². The number of carbonyl (C=O) groups excluding carboxylic acids is 1. The quantitative estimate of drug-likeness (QED) is 0.876. The molecule has 1 fully saturated rings. The van der Waals surface area contributed by atoms with Crippen LogP contribution in [-0.4, -0.2) is 31.7 Å². The van der Waals surface area contributed by atoms with Gasteiger partial charge in [0, 0.05) is 11.6 Å². The molecular weight excluding hydrogens is 254 g/mol. The van der Waals surface area contributed by atoms with Crippen molar-refractivity contribution in [3.8, 4) is 5.75 Å². The highest BCUT2D eigenvalue weighted by Gasteiger charge is 2.16. The first kappa shape index (κ1) is 13.7. The zero-order valence-electron chi connectivity index (χ0n) is 10.4. The summed E-state index contributed by atoms with van der Waals surface area (Å²) in [6.07, 6.45) is 1.80. The number of alkyl halides is 2. The summed E-state index contributed by atoms with van der Waals surface area (Å²) in [4.78, 5) is 11.9. The number of carbonyl (C=O) groups is 1. The van der Waals surface area contributed by atoms with Crippen molar-refractivity contribution in [2.45, 2.75) is 25.5 Å². The number of rotatable bonds is 4. The minimum atomic E-state index is -2.85. The van der Waals surface area contributed by atoms with Gasteiger partial charge in [-0.05, 0) is 50.2 Å². The number of halogens is 2. The largest absolute Gasteiger partial charge is 0.435 e. The summed E-state index contributed by atoms with van der Waals surface area (Å²) in [6.45, 7) is -1.06. The number of amides is 1. The van der Waals surface area contributed by atoms with Crippen LogP contribution in [0.25, 0.3) is 0 Å². The molecule has 1 aromatic carbocycles. The van der Waals surface area contributed by atoms with Crippen LogP contribution in [0.4, 0.5) is 8.78 Å². The van der Waals surface area contributed by atoms with Crippen LogP contribution in [0.5, 0.6) is 5.75 Å². The van der Waals surface area contributed by atoms with Crippen LogP contribution in [0.3, 0.4) is 0 Å². The van der Waals surface area contributed by atoms with Gasteiger partial charge < -0.3 is 15.4 Å². The molecule has 2 rings (SSSR count). The Morgan fingerprint density at radius 2 is 1.89 bits per heavy atom. The van der Waals surface area contributed by atoms with Crippen LogP contribution < -0.4 is 15.4 Å². The number of ether oxygens (including phenoxy) is 1. The maximum absolute atomic E-state index is 12.0. The van der Waals surface area contributed by atoms with E-state index in [1.54, 1.807) is 0 Å². The Hall–Kier alpha value is -1.69. The van der Waals surface area contributed by atoms with Gasteiger partial charge in [-0.2, -0.15) is 8.78 Å². The first-order chi connectivity index (χ1) is 9.15. The molecule has 1 heterocycles. The smallest absolute Gasteiger partial charge is 0.387 e. The highest BCUT2D eigenvalue weighted by Crippen LogP contribution is 2.15. The summed E-state index contributed by atoms with van der Waals surface area (Å²) in [5.41, 5.74) is 0.445. The van der Waals surface area contributed by atoms with Gasteiger partial charge in [0.2, 0.25) is 0 Å². The van der Waals surface area contributed by atoms with E-state index in [4.69, 9.17) is 0 Å². The number of nitrogens with one attached hydrogen (secondary N) is 2. The summed E-state index contributed by atoms with van der Waals surface area (Å²) in [7, 11) is 0. The Kier molecular flexibility index (Phi) is 4.68. The van der Waals surface area contributed by atoms with E-state index in [1.165, 1.54) is 24.3 Å². The molecule has 0 aliphatic carbocycles. The van der Waals surface area contributed by atoms with Crippen molar-refractivity contribution in [1.29, 1.82) is 0 Å². The number of hydrogen-bond acceptors (Lipinski definition) is 3. The Morgan fingerprint density at radius 1 is 1.26 bits per heavy atom. The molecule has 4 nitrogen and oxygen atoms in total. The molecule has 0 atom stereocenters. The van der Waals surface area contributed by atoms with E-state index in [1.807, 2.05) is 0 Å². The van der Waals surface area contributed by atoms with Gasteiger partial charge in [-0.25, -0.2) is 0 Å². The number of piperidine rings is 1. The third-order valence-electron chi connectivity index (χ3n) is 3.02. The maximum atomic E-state index is 12.0. The summed E-state index contributed by atoms with van der Waals surface area (Å²) in [5.74, 6) is -0.135. The van der Waals surface area contributed by atoms with E-state index in [2.05, 4.69) is 15.4 Å². The Bertz CT molecular complexity index is 417. The van der Waals surface area contributed by atoms with Crippen LogP contribution in [0.15, 0.2) is 24.3 Å². The molecule has 104 valence electrons. The lowest BCUT2D eigenvalue weighted by molar-refractivity contribution is -0.0498. The lowest BCUT2D eigenvalue weighted by Crippen LogP contribution is -2.42. The fourth-order valence-corrected chi connectivity index (χ4v) is 2.02. The molecule has 1 aliphatic rings. The number of benzene rings is 1. The minimum absolute atomic E-state index is 0.0495. The first-order valence-electron chi connectivity index (χ1n) is 6.21. The SMILES string of the molecule is O=C(NC1CCNCC1)c1ccc(OC(F)F)cc1. The molecule has 0 aromatic heterocycles. The molecule has 1 aromatic rings. The second-order valence-corrected chi connectivity index (χ2v) is 4.40. The summed E-state index contributed by atoms with van der Waals surface area (Å²) in [5, 5.41) is 6.14. The third-order valence-corrected chi connectivity index (χ3v) is 3.02. The summed E-state index contributed by atoms with van der Waals surface area (Å²) >= 11 is 0. The van der Waals surface area contributed by atoms with E-state index in [9.17, 15) is 13.6 Å². The average Bonchev–Trinajstić information content (AvgIpc) is 2.40. The highest BCUT2D eigenvalue weighted by molar-refractivity contribution is 5.94. The van der Waals surface area contributed by atoms with Crippen molar-refractivity contribution in [1.82, 2.24) is 10.6 Å². The van der Waals surface area contributed by atoms with Gasteiger partial charge in [0.25, 0.3) is 5.91 Å². The molecule has 0 saturated carbocycles. The molecule has 1 amide bonds. The van der Waals surface area contributed by atoms with Crippen molar-refractivity contribution in [3.05, 3.63) is 29.8 Å². The topological polar surface area (TPSA) is 50.4 Å². The van der Waals surface area contributed by atoms with Crippen LogP contribution in [0.2, 0.25) is 0 Å². The van der Waals surface area contributed by atoms with Crippen molar-refractivity contribution in [2.24, 2.45) is 0 Å². The zero-order chi connectivity index (χ0) is 13.7. The molecule has 6 heteroatoms. The normalized spacial score (nSPS) is 16.4. The van der Waals surface area contributed by atoms with E-state index < -0.39 is 6.61 Å². The Balaban J connectivity index is 1.91. The van der Waals surface area contributed by atoms with Gasteiger partial charge in [0.1, 0.15) is 5.75 Å². The van der Waals surface area contributed by atoms with Crippen molar-refractivity contribution in [2.75, 3.05) is 13.1 Å². The molecule has 1 saturated heterocycles. The van der Waals surface area contributed by atoms with Gasteiger partial charge in [0.05, 0.1) is 0 Å². The lowest BCUT2D eigenvalue weighted by atomic mass is 10.1. The molecule has 0 bridgehead atoms. The first-order valence-corrected chi connectivity index (χ1v) is 6.21. The third kappa shape index (κ3) is 4.17. The van der Waals surface area contributed by atoms with Crippen LogP contribution in [-0.2, 0) is 0 Å². The van der Waals surface area contributed by atoms with Gasteiger partial charge in [-0.3, -0.25) is 4.79 Å². The molecular formula is C13H16F2N2O2. The van der Waals surface area contributed by atoms with E-state index >= 15 is 0 Å². The minimum Gasteiger partial charge on any atom is -0.435 e. The van der Waals surface area contributed by atoms with Crippen molar-refractivity contribution < 1.29 is 18.3 Å². The molecule has 0 radical (unpaired) electrons. The second kappa shape index (κ2) is 6.47. The fourth-order valence-electron chi connectivity index (χ4n) is 2.02. The van der Waals surface area contributed by atoms with Crippen molar-refractivity contribution in [3.63, 3.8) is 0 Å². The molecule has 1 aliphatic heterocycles. The van der Waals surface area contributed by atoms with Crippen LogP contribution in [0, 0.1) is 0 Å². The fraction of sp³-hybridized carbons (Fsp3) is 0.462. The molecule has 0 spiro atoms. The Labute approximate surface area is 110 Å². The van der Waals surface area contributed by atoms with E-state index in [0.717, 1.165) is 25.9 Å².